The van der Waals surface area contributed by atoms with Crippen molar-refractivity contribution in [2.24, 2.45) is 5.73 Å². The quantitative estimate of drug-likeness (QED) is 0.899. The van der Waals surface area contributed by atoms with Gasteiger partial charge in [-0.2, -0.15) is 4.98 Å². The highest BCUT2D eigenvalue weighted by molar-refractivity contribution is 5.60. The van der Waals surface area contributed by atoms with E-state index in [0.29, 0.717) is 29.8 Å². The second-order valence-corrected chi connectivity index (χ2v) is 4.84. The molecule has 2 aromatic rings. The summed E-state index contributed by atoms with van der Waals surface area (Å²) in [5, 5.41) is 3.91. The van der Waals surface area contributed by atoms with Crippen LogP contribution < -0.4 is 15.2 Å². The van der Waals surface area contributed by atoms with E-state index in [2.05, 4.69) is 10.1 Å². The second-order valence-electron chi connectivity index (χ2n) is 4.84. The normalized spacial score (nSPS) is 16.1. The molecule has 1 aromatic heterocycles. The number of hydrogen-bond donors (Lipinski definition) is 1. The SMILES string of the molecule is COCC(C)(N)c1noc(-c2ccc3c(c2)OCO3)n1. The Labute approximate surface area is 115 Å². The number of fused-ring (bicyclic) bond motifs is 1. The van der Waals surface area contributed by atoms with Crippen LogP contribution >= 0.6 is 0 Å². The van der Waals surface area contributed by atoms with Crippen LogP contribution in [-0.2, 0) is 10.3 Å². The number of hydrogen-bond acceptors (Lipinski definition) is 7. The first-order valence-corrected chi connectivity index (χ1v) is 6.12. The first-order chi connectivity index (χ1) is 9.60. The minimum atomic E-state index is -0.799. The third kappa shape index (κ3) is 2.21. The molecular formula is C13H15N3O4. The van der Waals surface area contributed by atoms with Gasteiger partial charge in [0, 0.05) is 12.7 Å². The summed E-state index contributed by atoms with van der Waals surface area (Å²) in [7, 11) is 1.57. The Balaban J connectivity index is 1.90. The molecule has 0 aliphatic carbocycles. The molecule has 106 valence electrons. The van der Waals surface area contributed by atoms with E-state index in [-0.39, 0.29) is 6.79 Å². The summed E-state index contributed by atoms with van der Waals surface area (Å²) >= 11 is 0. The van der Waals surface area contributed by atoms with Crippen LogP contribution in [0.3, 0.4) is 0 Å². The van der Waals surface area contributed by atoms with Gasteiger partial charge in [-0.25, -0.2) is 0 Å². The van der Waals surface area contributed by atoms with Crippen molar-refractivity contribution in [3.63, 3.8) is 0 Å². The lowest BCUT2D eigenvalue weighted by molar-refractivity contribution is 0.135. The fourth-order valence-electron chi connectivity index (χ4n) is 1.97. The number of aromatic nitrogens is 2. The van der Waals surface area contributed by atoms with Crippen LogP contribution in [0, 0.1) is 0 Å². The maximum absolute atomic E-state index is 6.08. The van der Waals surface area contributed by atoms with Gasteiger partial charge in [-0.05, 0) is 25.1 Å². The zero-order valence-electron chi connectivity index (χ0n) is 11.3. The molecule has 1 aliphatic heterocycles. The predicted octanol–water partition coefficient (Wildman–Crippen LogP) is 1.29. The monoisotopic (exact) mass is 277 g/mol. The molecule has 0 saturated carbocycles. The Bertz CT molecular complexity index is 624. The molecular weight excluding hydrogens is 262 g/mol. The van der Waals surface area contributed by atoms with Gasteiger partial charge >= 0.3 is 0 Å². The first kappa shape index (κ1) is 12.9. The average molecular weight is 277 g/mol. The van der Waals surface area contributed by atoms with Gasteiger partial charge in [0.1, 0.15) is 5.54 Å². The lowest BCUT2D eigenvalue weighted by Gasteiger charge is -2.18. The number of ether oxygens (including phenoxy) is 3. The van der Waals surface area contributed by atoms with E-state index in [9.17, 15) is 0 Å². The molecule has 2 N–H and O–H groups in total. The molecule has 3 rings (SSSR count). The van der Waals surface area contributed by atoms with Gasteiger partial charge in [-0.15, -0.1) is 0 Å². The summed E-state index contributed by atoms with van der Waals surface area (Å²) in [6, 6.07) is 5.43. The van der Waals surface area contributed by atoms with E-state index in [0.717, 1.165) is 5.56 Å². The van der Waals surface area contributed by atoms with Crippen molar-refractivity contribution in [3.8, 4) is 23.0 Å². The van der Waals surface area contributed by atoms with Crippen LogP contribution in [0.25, 0.3) is 11.5 Å². The van der Waals surface area contributed by atoms with Gasteiger partial charge in [0.25, 0.3) is 5.89 Å². The van der Waals surface area contributed by atoms with Gasteiger partial charge in [0.05, 0.1) is 6.61 Å². The van der Waals surface area contributed by atoms with Crippen molar-refractivity contribution >= 4 is 0 Å². The van der Waals surface area contributed by atoms with E-state index >= 15 is 0 Å². The van der Waals surface area contributed by atoms with Crippen molar-refractivity contribution in [2.75, 3.05) is 20.5 Å². The number of rotatable bonds is 4. The zero-order chi connectivity index (χ0) is 14.2. The molecule has 0 spiro atoms. The van der Waals surface area contributed by atoms with Crippen molar-refractivity contribution in [1.82, 2.24) is 10.1 Å². The van der Waals surface area contributed by atoms with Gasteiger partial charge in [-0.1, -0.05) is 5.16 Å². The Kier molecular flexibility index (Phi) is 3.07. The molecule has 0 amide bonds. The Hall–Kier alpha value is -2.12. The lowest BCUT2D eigenvalue weighted by Crippen LogP contribution is -2.38. The molecule has 0 fully saturated rings. The van der Waals surface area contributed by atoms with Gasteiger partial charge in [-0.3, -0.25) is 0 Å². The zero-order valence-corrected chi connectivity index (χ0v) is 11.3. The molecule has 1 aromatic carbocycles. The minimum Gasteiger partial charge on any atom is -0.454 e. The second kappa shape index (κ2) is 4.77. The standard InChI is InChI=1S/C13H15N3O4/c1-13(14,6-17-2)12-15-11(20-16-12)8-3-4-9-10(5-8)19-7-18-9/h3-5H,6-7,14H2,1-2H3. The van der Waals surface area contributed by atoms with Crippen LogP contribution in [-0.4, -0.2) is 30.7 Å². The van der Waals surface area contributed by atoms with Crippen molar-refractivity contribution in [2.45, 2.75) is 12.5 Å². The van der Waals surface area contributed by atoms with Crippen LogP contribution in [0.2, 0.25) is 0 Å². The highest BCUT2D eigenvalue weighted by atomic mass is 16.7. The van der Waals surface area contributed by atoms with E-state index < -0.39 is 5.54 Å². The van der Waals surface area contributed by atoms with Gasteiger partial charge < -0.3 is 24.5 Å². The Morgan fingerprint density at radius 2 is 2.15 bits per heavy atom. The van der Waals surface area contributed by atoms with Gasteiger partial charge in [0.2, 0.25) is 6.79 Å². The van der Waals surface area contributed by atoms with Crippen LogP contribution in [0.5, 0.6) is 11.5 Å². The number of benzene rings is 1. The first-order valence-electron chi connectivity index (χ1n) is 6.12. The summed E-state index contributed by atoms with van der Waals surface area (Å²) in [4.78, 5) is 4.32. The molecule has 7 nitrogen and oxygen atoms in total. The highest BCUT2D eigenvalue weighted by Gasteiger charge is 2.28. The largest absolute Gasteiger partial charge is 0.454 e. The molecule has 1 unspecified atom stereocenters. The predicted molar refractivity (Wildman–Crippen MR) is 69.3 cm³/mol. The third-order valence-corrected chi connectivity index (χ3v) is 3.00. The van der Waals surface area contributed by atoms with Crippen molar-refractivity contribution in [3.05, 3.63) is 24.0 Å². The summed E-state index contributed by atoms with van der Waals surface area (Å²) in [6.45, 7) is 2.31. The molecule has 1 atom stereocenters. The molecule has 2 heterocycles. The average Bonchev–Trinajstić information content (AvgIpc) is 3.07. The fraction of sp³-hybridized carbons (Fsp3) is 0.385. The van der Waals surface area contributed by atoms with Gasteiger partial charge in [0.15, 0.2) is 17.3 Å². The maximum Gasteiger partial charge on any atom is 0.258 e. The Morgan fingerprint density at radius 3 is 2.95 bits per heavy atom. The van der Waals surface area contributed by atoms with Crippen molar-refractivity contribution in [1.29, 1.82) is 0 Å². The van der Waals surface area contributed by atoms with E-state index in [1.165, 1.54) is 0 Å². The molecule has 1 aliphatic rings. The van der Waals surface area contributed by atoms with E-state index in [4.69, 9.17) is 24.5 Å². The highest BCUT2D eigenvalue weighted by Crippen LogP contribution is 2.35. The molecule has 0 bridgehead atoms. The van der Waals surface area contributed by atoms with Crippen LogP contribution in [0.4, 0.5) is 0 Å². The summed E-state index contributed by atoms with van der Waals surface area (Å²) in [5.41, 5.74) is 6.03. The summed E-state index contributed by atoms with van der Waals surface area (Å²) in [6.07, 6.45) is 0. The number of nitrogens with zero attached hydrogens (tertiary/aromatic N) is 2. The lowest BCUT2D eigenvalue weighted by atomic mass is 10.1. The number of methoxy groups -OCH3 is 1. The van der Waals surface area contributed by atoms with Crippen LogP contribution in [0.15, 0.2) is 22.7 Å². The van der Waals surface area contributed by atoms with Crippen LogP contribution in [0.1, 0.15) is 12.7 Å². The fourth-order valence-corrected chi connectivity index (χ4v) is 1.97. The van der Waals surface area contributed by atoms with E-state index in [1.807, 2.05) is 6.07 Å². The Morgan fingerprint density at radius 1 is 1.35 bits per heavy atom. The molecule has 20 heavy (non-hydrogen) atoms. The minimum absolute atomic E-state index is 0.225. The molecule has 7 heteroatoms. The topological polar surface area (TPSA) is 92.6 Å². The summed E-state index contributed by atoms with van der Waals surface area (Å²) in [5.74, 6) is 2.14. The summed E-state index contributed by atoms with van der Waals surface area (Å²) < 4.78 is 20.9. The van der Waals surface area contributed by atoms with E-state index in [1.54, 1.807) is 26.2 Å². The number of nitrogens with two attached hydrogens (primary N) is 1. The smallest absolute Gasteiger partial charge is 0.258 e. The maximum atomic E-state index is 6.08. The molecule has 0 radical (unpaired) electrons. The van der Waals surface area contributed by atoms with Crippen molar-refractivity contribution < 1.29 is 18.7 Å². The third-order valence-electron chi connectivity index (χ3n) is 3.00. The molecule has 0 saturated heterocycles.